The summed E-state index contributed by atoms with van der Waals surface area (Å²) in [6.07, 6.45) is 1.90. The molecule has 1 aliphatic heterocycles. The van der Waals surface area contributed by atoms with E-state index in [-0.39, 0.29) is 0 Å². The van der Waals surface area contributed by atoms with Crippen molar-refractivity contribution in [2.45, 2.75) is 20.0 Å². The van der Waals surface area contributed by atoms with Gasteiger partial charge in [-0.05, 0) is 35.7 Å². The summed E-state index contributed by atoms with van der Waals surface area (Å²) in [5.41, 5.74) is 10.6. The van der Waals surface area contributed by atoms with Gasteiger partial charge in [-0.3, -0.25) is 0 Å². The monoisotopic (exact) mass is 225 g/mol. The number of aromatic nitrogens is 1. The van der Waals surface area contributed by atoms with Crippen LogP contribution >= 0.6 is 0 Å². The Balaban J connectivity index is 1.91. The first-order chi connectivity index (χ1) is 8.24. The van der Waals surface area contributed by atoms with Gasteiger partial charge >= 0.3 is 0 Å². The van der Waals surface area contributed by atoms with E-state index < -0.39 is 0 Å². The highest BCUT2D eigenvalue weighted by molar-refractivity contribution is 5.57. The fourth-order valence-electron chi connectivity index (χ4n) is 2.26. The minimum atomic E-state index is 0.859. The number of nitrogens with zero attached hydrogens (tertiary/aromatic N) is 2. The summed E-state index contributed by atoms with van der Waals surface area (Å²) < 4.78 is 0. The number of nitrogen functional groups attached to an aromatic ring is 1. The highest BCUT2D eigenvalue weighted by Gasteiger charge is 2.21. The van der Waals surface area contributed by atoms with Crippen molar-refractivity contribution in [2.24, 2.45) is 0 Å². The third-order valence-corrected chi connectivity index (χ3v) is 3.24. The summed E-state index contributed by atoms with van der Waals surface area (Å²) in [7, 11) is 0. The first-order valence-corrected chi connectivity index (χ1v) is 5.78. The lowest BCUT2D eigenvalue weighted by Gasteiger charge is -2.16. The Morgan fingerprint density at radius 2 is 2.06 bits per heavy atom. The number of benzene rings is 1. The Morgan fingerprint density at radius 1 is 1.18 bits per heavy atom. The second-order valence-corrected chi connectivity index (χ2v) is 4.53. The van der Waals surface area contributed by atoms with Crippen LogP contribution < -0.4 is 10.6 Å². The van der Waals surface area contributed by atoms with Crippen LogP contribution in [0.25, 0.3) is 0 Å². The molecule has 3 heteroatoms. The van der Waals surface area contributed by atoms with E-state index in [0.29, 0.717) is 0 Å². The van der Waals surface area contributed by atoms with Crippen LogP contribution in [-0.2, 0) is 13.1 Å². The van der Waals surface area contributed by atoms with E-state index in [1.54, 1.807) is 0 Å². The molecule has 3 nitrogen and oxygen atoms in total. The van der Waals surface area contributed by atoms with Crippen LogP contribution in [0.4, 0.5) is 11.5 Å². The van der Waals surface area contributed by atoms with Crippen LogP contribution in [0.3, 0.4) is 0 Å². The van der Waals surface area contributed by atoms with Gasteiger partial charge in [0.2, 0.25) is 0 Å². The van der Waals surface area contributed by atoms with Crippen molar-refractivity contribution >= 4 is 11.5 Å². The number of hydrogen-bond acceptors (Lipinski definition) is 3. The number of hydrogen-bond donors (Lipinski definition) is 1. The van der Waals surface area contributed by atoms with Crippen molar-refractivity contribution in [3.8, 4) is 0 Å². The van der Waals surface area contributed by atoms with Gasteiger partial charge in [0.25, 0.3) is 0 Å². The van der Waals surface area contributed by atoms with Gasteiger partial charge in [-0.25, -0.2) is 4.98 Å². The zero-order valence-corrected chi connectivity index (χ0v) is 9.85. The molecule has 0 spiro atoms. The number of rotatable bonds is 1. The zero-order valence-electron chi connectivity index (χ0n) is 9.85. The van der Waals surface area contributed by atoms with Gasteiger partial charge in [0.05, 0.1) is 0 Å². The molecule has 0 radical (unpaired) electrons. The van der Waals surface area contributed by atoms with Crippen molar-refractivity contribution in [1.29, 1.82) is 0 Å². The predicted octanol–water partition coefficient (Wildman–Crippen LogP) is 2.49. The fraction of sp³-hybridized carbons (Fsp3) is 0.214. The molecular weight excluding hydrogens is 210 g/mol. The number of pyridine rings is 1. The van der Waals surface area contributed by atoms with E-state index in [1.165, 1.54) is 16.7 Å². The van der Waals surface area contributed by atoms with Gasteiger partial charge in [-0.15, -0.1) is 0 Å². The number of aryl methyl sites for hydroxylation is 1. The maximum Gasteiger partial charge on any atom is 0.129 e. The van der Waals surface area contributed by atoms with Crippen molar-refractivity contribution in [3.63, 3.8) is 0 Å². The maximum atomic E-state index is 5.99. The third kappa shape index (κ3) is 1.73. The largest absolute Gasteiger partial charge is 0.398 e. The smallest absolute Gasteiger partial charge is 0.129 e. The Kier molecular flexibility index (Phi) is 2.25. The molecule has 0 unspecified atom stereocenters. The Hall–Kier alpha value is -2.03. The Labute approximate surface area is 101 Å². The molecule has 0 saturated heterocycles. The minimum absolute atomic E-state index is 0.859. The van der Waals surface area contributed by atoms with Crippen LogP contribution in [0.5, 0.6) is 0 Å². The van der Waals surface area contributed by atoms with Crippen LogP contribution in [-0.4, -0.2) is 4.98 Å². The van der Waals surface area contributed by atoms with E-state index in [4.69, 9.17) is 5.73 Å². The quantitative estimate of drug-likeness (QED) is 0.758. The van der Waals surface area contributed by atoms with Crippen LogP contribution in [0.1, 0.15) is 16.7 Å². The summed E-state index contributed by atoms with van der Waals surface area (Å²) in [5.74, 6) is 1.02. The first-order valence-electron chi connectivity index (χ1n) is 5.78. The molecule has 0 aliphatic carbocycles. The van der Waals surface area contributed by atoms with Crippen LogP contribution in [0.15, 0.2) is 36.5 Å². The molecule has 86 valence electrons. The predicted molar refractivity (Wildman–Crippen MR) is 69.7 cm³/mol. The van der Waals surface area contributed by atoms with Gasteiger partial charge in [0.1, 0.15) is 5.82 Å². The topological polar surface area (TPSA) is 42.1 Å². The number of anilines is 2. The second kappa shape index (κ2) is 3.77. The molecule has 1 aromatic carbocycles. The number of fused-ring (bicyclic) bond motifs is 1. The standard InChI is InChI=1S/C14H15N3/c1-10-5-6-14(16-7-10)17-8-11-3-2-4-13(15)12(11)9-17/h2-7H,8-9,15H2,1H3. The molecule has 0 amide bonds. The van der Waals surface area contributed by atoms with Crippen LogP contribution in [0, 0.1) is 6.92 Å². The summed E-state index contributed by atoms with van der Waals surface area (Å²) >= 11 is 0. The minimum Gasteiger partial charge on any atom is -0.398 e. The lowest BCUT2D eigenvalue weighted by atomic mass is 10.1. The molecule has 0 saturated carbocycles. The second-order valence-electron chi connectivity index (χ2n) is 4.53. The summed E-state index contributed by atoms with van der Waals surface area (Å²) in [6, 6.07) is 10.3. The molecule has 1 aliphatic rings. The average Bonchev–Trinajstić information content (AvgIpc) is 2.75. The molecule has 2 aromatic rings. The van der Waals surface area contributed by atoms with Gasteiger partial charge in [0, 0.05) is 25.0 Å². The molecule has 17 heavy (non-hydrogen) atoms. The maximum absolute atomic E-state index is 5.99. The van der Waals surface area contributed by atoms with E-state index in [9.17, 15) is 0 Å². The van der Waals surface area contributed by atoms with Crippen molar-refractivity contribution in [2.75, 3.05) is 10.6 Å². The summed E-state index contributed by atoms with van der Waals surface area (Å²) in [5, 5.41) is 0. The highest BCUT2D eigenvalue weighted by atomic mass is 15.2. The van der Waals surface area contributed by atoms with E-state index >= 15 is 0 Å². The Morgan fingerprint density at radius 3 is 2.76 bits per heavy atom. The molecule has 2 heterocycles. The third-order valence-electron chi connectivity index (χ3n) is 3.24. The average molecular weight is 225 g/mol. The van der Waals surface area contributed by atoms with Gasteiger partial charge in [-0.1, -0.05) is 18.2 Å². The molecule has 0 fully saturated rings. The van der Waals surface area contributed by atoms with Crippen LogP contribution in [0.2, 0.25) is 0 Å². The van der Waals surface area contributed by atoms with E-state index in [1.807, 2.05) is 25.3 Å². The molecule has 0 bridgehead atoms. The fourth-order valence-corrected chi connectivity index (χ4v) is 2.26. The molecule has 3 rings (SSSR count). The van der Waals surface area contributed by atoms with Crippen molar-refractivity contribution in [1.82, 2.24) is 4.98 Å². The SMILES string of the molecule is Cc1ccc(N2Cc3cccc(N)c3C2)nc1. The molecule has 0 atom stereocenters. The molecule has 1 aromatic heterocycles. The molecule has 2 N–H and O–H groups in total. The zero-order chi connectivity index (χ0) is 11.8. The van der Waals surface area contributed by atoms with Gasteiger partial charge < -0.3 is 10.6 Å². The lowest BCUT2D eigenvalue weighted by molar-refractivity contribution is 0.856. The normalized spacial score (nSPS) is 13.8. The van der Waals surface area contributed by atoms with Gasteiger partial charge in [0.15, 0.2) is 0 Å². The summed E-state index contributed by atoms with van der Waals surface area (Å²) in [6.45, 7) is 3.81. The number of nitrogens with two attached hydrogens (primary N) is 1. The first kappa shape index (κ1) is 10.1. The highest BCUT2D eigenvalue weighted by Crippen LogP contribution is 2.30. The lowest BCUT2D eigenvalue weighted by Crippen LogP contribution is -2.15. The molecular formula is C14H15N3. The Bertz CT molecular complexity index is 546. The van der Waals surface area contributed by atoms with Crippen molar-refractivity contribution in [3.05, 3.63) is 53.2 Å². The summed E-state index contributed by atoms with van der Waals surface area (Å²) in [4.78, 5) is 6.71. The van der Waals surface area contributed by atoms with Crippen molar-refractivity contribution < 1.29 is 0 Å². The van der Waals surface area contributed by atoms with Gasteiger partial charge in [-0.2, -0.15) is 0 Å². The van der Waals surface area contributed by atoms with E-state index in [0.717, 1.165) is 24.6 Å². The van der Waals surface area contributed by atoms with E-state index in [2.05, 4.69) is 28.1 Å².